The van der Waals surface area contributed by atoms with E-state index in [1.165, 1.54) is 4.68 Å². The molecule has 0 radical (unpaired) electrons. The lowest BCUT2D eigenvalue weighted by Gasteiger charge is -2.09. The highest BCUT2D eigenvalue weighted by Crippen LogP contribution is 2.20. The maximum atomic E-state index is 13.1. The first-order chi connectivity index (χ1) is 12.5. The summed E-state index contributed by atoms with van der Waals surface area (Å²) in [6.45, 7) is 4.33. The Labute approximate surface area is 155 Å². The predicted molar refractivity (Wildman–Crippen MR) is 103 cm³/mol. The lowest BCUT2D eigenvalue weighted by Crippen LogP contribution is -2.26. The van der Waals surface area contributed by atoms with Crippen LogP contribution >= 0.6 is 11.6 Å². The Morgan fingerprint density at radius 3 is 2.65 bits per heavy atom. The molecule has 0 spiro atoms. The van der Waals surface area contributed by atoms with Gasteiger partial charge in [-0.15, -0.1) is 0 Å². The van der Waals surface area contributed by atoms with Crippen LogP contribution < -0.4 is 5.56 Å². The maximum Gasteiger partial charge on any atom is 0.293 e. The number of fused-ring (bicyclic) bond motifs is 1. The SMILES string of the molecule is Cc1cccc(Cn2nc(C)c3cnn(-c4cccc(Cl)c4)c3c2=O)c1. The van der Waals surface area contributed by atoms with Crippen molar-refractivity contribution in [1.82, 2.24) is 19.6 Å². The molecule has 0 saturated carbocycles. The summed E-state index contributed by atoms with van der Waals surface area (Å²) < 4.78 is 3.13. The second-order valence-corrected chi connectivity index (χ2v) is 6.77. The van der Waals surface area contributed by atoms with E-state index in [1.807, 2.05) is 44.2 Å². The van der Waals surface area contributed by atoms with Crippen molar-refractivity contribution in [2.24, 2.45) is 0 Å². The number of halogens is 1. The quantitative estimate of drug-likeness (QED) is 0.554. The van der Waals surface area contributed by atoms with Crippen LogP contribution in [0.1, 0.15) is 16.8 Å². The Kier molecular flexibility index (Phi) is 4.09. The van der Waals surface area contributed by atoms with Crippen LogP contribution in [-0.2, 0) is 6.54 Å². The summed E-state index contributed by atoms with van der Waals surface area (Å²) in [5, 5.41) is 10.2. The van der Waals surface area contributed by atoms with Gasteiger partial charge in [0.2, 0.25) is 0 Å². The molecular weight excluding hydrogens is 348 g/mol. The van der Waals surface area contributed by atoms with E-state index in [4.69, 9.17) is 11.6 Å². The third-order valence-corrected chi connectivity index (χ3v) is 4.57. The summed E-state index contributed by atoms with van der Waals surface area (Å²) in [7, 11) is 0. The highest BCUT2D eigenvalue weighted by molar-refractivity contribution is 6.30. The fraction of sp³-hybridized carbons (Fsp3) is 0.150. The van der Waals surface area contributed by atoms with Crippen molar-refractivity contribution in [3.8, 4) is 5.69 Å². The van der Waals surface area contributed by atoms with Gasteiger partial charge in [0.1, 0.15) is 5.52 Å². The number of hydrogen-bond acceptors (Lipinski definition) is 3. The van der Waals surface area contributed by atoms with E-state index in [-0.39, 0.29) is 5.56 Å². The zero-order chi connectivity index (χ0) is 18.3. The van der Waals surface area contributed by atoms with E-state index in [0.717, 1.165) is 27.9 Å². The Balaban J connectivity index is 1.90. The third kappa shape index (κ3) is 2.91. The molecule has 2 aromatic carbocycles. The molecule has 5 nitrogen and oxygen atoms in total. The highest BCUT2D eigenvalue weighted by atomic mass is 35.5. The molecule has 0 aliphatic heterocycles. The second-order valence-electron chi connectivity index (χ2n) is 6.34. The smallest absolute Gasteiger partial charge is 0.265 e. The normalized spacial score (nSPS) is 11.2. The first-order valence-corrected chi connectivity index (χ1v) is 8.67. The summed E-state index contributed by atoms with van der Waals surface area (Å²) in [5.74, 6) is 0. The maximum absolute atomic E-state index is 13.1. The Bertz CT molecular complexity index is 1180. The van der Waals surface area contributed by atoms with Gasteiger partial charge in [0.25, 0.3) is 5.56 Å². The minimum atomic E-state index is -0.176. The number of benzene rings is 2. The van der Waals surface area contributed by atoms with Crippen molar-refractivity contribution in [2.75, 3.05) is 0 Å². The zero-order valence-electron chi connectivity index (χ0n) is 14.5. The molecule has 4 rings (SSSR count). The number of hydrogen-bond donors (Lipinski definition) is 0. The number of aromatic nitrogens is 4. The lowest BCUT2D eigenvalue weighted by atomic mass is 10.1. The first kappa shape index (κ1) is 16.5. The molecule has 0 fully saturated rings. The van der Waals surface area contributed by atoms with Crippen molar-refractivity contribution in [3.63, 3.8) is 0 Å². The number of nitrogens with zero attached hydrogens (tertiary/aromatic N) is 4. The molecule has 26 heavy (non-hydrogen) atoms. The topological polar surface area (TPSA) is 52.7 Å². The second kappa shape index (κ2) is 6.42. The molecule has 0 aliphatic carbocycles. The van der Waals surface area contributed by atoms with Gasteiger partial charge in [0.15, 0.2) is 0 Å². The Morgan fingerprint density at radius 1 is 1.08 bits per heavy atom. The third-order valence-electron chi connectivity index (χ3n) is 4.33. The zero-order valence-corrected chi connectivity index (χ0v) is 15.2. The van der Waals surface area contributed by atoms with E-state index in [0.29, 0.717) is 17.1 Å². The van der Waals surface area contributed by atoms with E-state index in [1.54, 1.807) is 23.0 Å². The molecule has 0 amide bonds. The molecule has 0 N–H and O–H groups in total. The lowest BCUT2D eigenvalue weighted by molar-refractivity contribution is 0.634. The largest absolute Gasteiger partial charge is 0.293 e. The average molecular weight is 365 g/mol. The summed E-state index contributed by atoms with van der Waals surface area (Å²) in [6.07, 6.45) is 1.68. The Hall–Kier alpha value is -2.92. The van der Waals surface area contributed by atoms with Gasteiger partial charge in [-0.05, 0) is 37.6 Å². The molecule has 2 heterocycles. The van der Waals surface area contributed by atoms with E-state index in [2.05, 4.69) is 16.3 Å². The molecule has 4 aromatic rings. The molecule has 0 atom stereocenters. The minimum absolute atomic E-state index is 0.176. The van der Waals surface area contributed by atoms with Crippen LogP contribution in [0.3, 0.4) is 0 Å². The minimum Gasteiger partial charge on any atom is -0.265 e. The van der Waals surface area contributed by atoms with E-state index < -0.39 is 0 Å². The van der Waals surface area contributed by atoms with Gasteiger partial charge in [-0.1, -0.05) is 47.5 Å². The molecule has 0 saturated heterocycles. The average Bonchev–Trinajstić information content (AvgIpc) is 3.05. The fourth-order valence-electron chi connectivity index (χ4n) is 3.12. The first-order valence-electron chi connectivity index (χ1n) is 8.30. The molecular formula is C20H17ClN4O. The van der Waals surface area contributed by atoms with E-state index in [9.17, 15) is 4.79 Å². The summed E-state index contributed by atoms with van der Waals surface area (Å²) in [5.41, 5.74) is 4.03. The van der Waals surface area contributed by atoms with Crippen LogP contribution in [0.15, 0.2) is 59.5 Å². The van der Waals surface area contributed by atoms with Gasteiger partial charge >= 0.3 is 0 Å². The van der Waals surface area contributed by atoms with Crippen LogP contribution in [0.4, 0.5) is 0 Å². The number of aryl methyl sites for hydroxylation is 2. The van der Waals surface area contributed by atoms with Gasteiger partial charge in [-0.25, -0.2) is 9.36 Å². The van der Waals surface area contributed by atoms with Crippen LogP contribution in [0, 0.1) is 13.8 Å². The van der Waals surface area contributed by atoms with Gasteiger partial charge in [0, 0.05) is 10.4 Å². The van der Waals surface area contributed by atoms with Crippen LogP contribution in [0.2, 0.25) is 5.02 Å². The summed E-state index contributed by atoms with van der Waals surface area (Å²) in [4.78, 5) is 13.1. The van der Waals surface area contributed by atoms with Crippen molar-refractivity contribution < 1.29 is 0 Å². The van der Waals surface area contributed by atoms with Crippen LogP contribution in [-0.4, -0.2) is 19.6 Å². The monoisotopic (exact) mass is 364 g/mol. The standard InChI is InChI=1S/C20H17ClN4O/c1-13-5-3-6-15(9-13)12-24-20(26)19-18(14(2)23-24)11-22-25(19)17-8-4-7-16(21)10-17/h3-11H,12H2,1-2H3. The van der Waals surface area contributed by atoms with Crippen molar-refractivity contribution >= 4 is 22.5 Å². The summed E-state index contributed by atoms with van der Waals surface area (Å²) in [6, 6.07) is 15.4. The van der Waals surface area contributed by atoms with Crippen LogP contribution in [0.5, 0.6) is 0 Å². The molecule has 0 bridgehead atoms. The van der Waals surface area contributed by atoms with Gasteiger partial charge in [-0.2, -0.15) is 10.2 Å². The molecule has 2 aromatic heterocycles. The van der Waals surface area contributed by atoms with Crippen molar-refractivity contribution in [1.29, 1.82) is 0 Å². The molecule has 0 aliphatic rings. The fourth-order valence-corrected chi connectivity index (χ4v) is 3.30. The molecule has 6 heteroatoms. The summed E-state index contributed by atoms with van der Waals surface area (Å²) >= 11 is 6.10. The van der Waals surface area contributed by atoms with Gasteiger partial charge in [0.05, 0.1) is 24.1 Å². The Morgan fingerprint density at radius 2 is 1.88 bits per heavy atom. The van der Waals surface area contributed by atoms with Gasteiger partial charge < -0.3 is 0 Å². The number of rotatable bonds is 3. The molecule has 130 valence electrons. The predicted octanol–water partition coefficient (Wildman–Crippen LogP) is 3.90. The highest BCUT2D eigenvalue weighted by Gasteiger charge is 2.15. The van der Waals surface area contributed by atoms with Crippen molar-refractivity contribution in [3.05, 3.63) is 86.9 Å². The van der Waals surface area contributed by atoms with Gasteiger partial charge in [-0.3, -0.25) is 4.79 Å². The van der Waals surface area contributed by atoms with Crippen molar-refractivity contribution in [2.45, 2.75) is 20.4 Å². The van der Waals surface area contributed by atoms with E-state index >= 15 is 0 Å². The molecule has 0 unspecified atom stereocenters. The van der Waals surface area contributed by atoms with Crippen LogP contribution in [0.25, 0.3) is 16.6 Å².